The van der Waals surface area contributed by atoms with Gasteiger partial charge in [0.1, 0.15) is 5.60 Å². The van der Waals surface area contributed by atoms with Crippen LogP contribution in [0.15, 0.2) is 30.3 Å². The molecule has 0 aliphatic carbocycles. The highest BCUT2D eigenvalue weighted by atomic mass is 16.6. The van der Waals surface area contributed by atoms with Crippen LogP contribution in [0.5, 0.6) is 0 Å². The predicted molar refractivity (Wildman–Crippen MR) is 84.1 cm³/mol. The van der Waals surface area contributed by atoms with Crippen molar-refractivity contribution in [1.29, 1.82) is 0 Å². The van der Waals surface area contributed by atoms with E-state index in [0.29, 0.717) is 6.54 Å². The van der Waals surface area contributed by atoms with Crippen LogP contribution >= 0.6 is 0 Å². The minimum absolute atomic E-state index is 0.203. The van der Waals surface area contributed by atoms with Gasteiger partial charge in [0.2, 0.25) is 0 Å². The smallest absolute Gasteiger partial charge is 0.410 e. The summed E-state index contributed by atoms with van der Waals surface area (Å²) in [5.74, 6) is 0. The number of hydrogen-bond acceptors (Lipinski definition) is 3. The Hall–Kier alpha value is -1.55. The van der Waals surface area contributed by atoms with Crippen molar-refractivity contribution in [2.45, 2.75) is 51.8 Å². The van der Waals surface area contributed by atoms with Crippen molar-refractivity contribution in [2.75, 3.05) is 13.1 Å². The summed E-state index contributed by atoms with van der Waals surface area (Å²) in [6, 6.07) is 10.3. The topological polar surface area (TPSA) is 41.6 Å². The van der Waals surface area contributed by atoms with Crippen LogP contribution in [0.3, 0.4) is 0 Å². The fourth-order valence-corrected chi connectivity index (χ4v) is 2.54. The van der Waals surface area contributed by atoms with Gasteiger partial charge >= 0.3 is 6.09 Å². The van der Waals surface area contributed by atoms with Crippen LogP contribution in [0, 0.1) is 0 Å². The number of ether oxygens (including phenoxy) is 1. The Balaban J connectivity index is 2.11. The molecule has 1 amide bonds. The molecule has 116 valence electrons. The molecule has 1 heterocycles. The maximum Gasteiger partial charge on any atom is 0.410 e. The van der Waals surface area contributed by atoms with Crippen LogP contribution in [-0.4, -0.2) is 35.7 Å². The molecule has 1 aromatic carbocycles. The number of piperidine rings is 1. The zero-order chi connectivity index (χ0) is 15.3. The summed E-state index contributed by atoms with van der Waals surface area (Å²) >= 11 is 0. The molecule has 1 aromatic rings. The van der Waals surface area contributed by atoms with Crippen LogP contribution in [0.1, 0.15) is 39.2 Å². The lowest BCUT2D eigenvalue weighted by molar-refractivity contribution is 0.0114. The SMILES string of the molecule is CC(C)(C)OC(=O)N(Cc1ccccc1)[C@H]1CCCNC1. The maximum atomic E-state index is 12.5. The molecule has 1 aliphatic heterocycles. The lowest BCUT2D eigenvalue weighted by Crippen LogP contribution is -2.49. The van der Waals surface area contributed by atoms with Crippen molar-refractivity contribution < 1.29 is 9.53 Å². The van der Waals surface area contributed by atoms with Crippen LogP contribution < -0.4 is 5.32 Å². The molecule has 1 saturated heterocycles. The van der Waals surface area contributed by atoms with Crippen LogP contribution in [-0.2, 0) is 11.3 Å². The highest BCUT2D eigenvalue weighted by Gasteiger charge is 2.29. The van der Waals surface area contributed by atoms with Crippen LogP contribution in [0.25, 0.3) is 0 Å². The molecule has 4 nitrogen and oxygen atoms in total. The molecule has 0 radical (unpaired) electrons. The Labute approximate surface area is 127 Å². The fraction of sp³-hybridized carbons (Fsp3) is 0.588. The van der Waals surface area contributed by atoms with Gasteiger partial charge in [0.15, 0.2) is 0 Å². The monoisotopic (exact) mass is 290 g/mol. The van der Waals surface area contributed by atoms with Gasteiger partial charge in [0.05, 0.1) is 0 Å². The first-order valence-electron chi connectivity index (χ1n) is 7.70. The Morgan fingerprint density at radius 1 is 1.33 bits per heavy atom. The largest absolute Gasteiger partial charge is 0.444 e. The Morgan fingerprint density at radius 3 is 2.62 bits per heavy atom. The summed E-state index contributed by atoms with van der Waals surface area (Å²) in [5, 5.41) is 3.37. The van der Waals surface area contributed by atoms with Gasteiger partial charge in [-0.25, -0.2) is 4.79 Å². The van der Waals surface area contributed by atoms with Gasteiger partial charge in [-0.15, -0.1) is 0 Å². The van der Waals surface area contributed by atoms with Crippen molar-refractivity contribution in [3.63, 3.8) is 0 Å². The third-order valence-electron chi connectivity index (χ3n) is 3.54. The number of carbonyl (C=O) groups excluding carboxylic acids is 1. The van der Waals surface area contributed by atoms with E-state index < -0.39 is 5.60 Å². The van der Waals surface area contributed by atoms with Gasteiger partial charge in [0, 0.05) is 19.1 Å². The molecular formula is C17H26N2O2. The predicted octanol–water partition coefficient (Wildman–Crippen LogP) is 3.18. The van der Waals surface area contributed by atoms with Crippen molar-refractivity contribution in [3.8, 4) is 0 Å². The average Bonchev–Trinajstić information content (AvgIpc) is 2.45. The summed E-state index contributed by atoms with van der Waals surface area (Å²) in [6.45, 7) is 8.19. The van der Waals surface area contributed by atoms with E-state index in [1.807, 2.05) is 56.0 Å². The lowest BCUT2D eigenvalue weighted by atomic mass is 10.1. The summed E-state index contributed by atoms with van der Waals surface area (Å²) in [6.07, 6.45) is 1.90. The van der Waals surface area contributed by atoms with Gasteiger partial charge in [-0.1, -0.05) is 30.3 Å². The zero-order valence-electron chi connectivity index (χ0n) is 13.3. The van der Waals surface area contributed by atoms with E-state index in [2.05, 4.69) is 5.32 Å². The third kappa shape index (κ3) is 5.05. The summed E-state index contributed by atoms with van der Waals surface area (Å²) in [4.78, 5) is 14.4. The molecule has 1 fully saturated rings. The third-order valence-corrected chi connectivity index (χ3v) is 3.54. The van der Waals surface area contributed by atoms with Gasteiger partial charge in [-0.3, -0.25) is 4.90 Å². The molecule has 1 N–H and O–H groups in total. The first kappa shape index (κ1) is 15.8. The van der Waals surface area contributed by atoms with Crippen molar-refractivity contribution >= 4 is 6.09 Å². The normalized spacial score (nSPS) is 19.1. The van der Waals surface area contributed by atoms with E-state index in [-0.39, 0.29) is 12.1 Å². The van der Waals surface area contributed by atoms with Crippen molar-refractivity contribution in [2.24, 2.45) is 0 Å². The zero-order valence-corrected chi connectivity index (χ0v) is 13.3. The summed E-state index contributed by atoms with van der Waals surface area (Å²) < 4.78 is 5.58. The lowest BCUT2D eigenvalue weighted by Gasteiger charge is -2.36. The number of carbonyl (C=O) groups is 1. The molecule has 0 saturated carbocycles. The Morgan fingerprint density at radius 2 is 2.05 bits per heavy atom. The molecule has 4 heteroatoms. The molecule has 0 bridgehead atoms. The van der Waals surface area contributed by atoms with E-state index in [1.54, 1.807) is 0 Å². The summed E-state index contributed by atoms with van der Waals surface area (Å²) in [7, 11) is 0. The summed E-state index contributed by atoms with van der Waals surface area (Å²) in [5.41, 5.74) is 0.669. The molecule has 1 aliphatic rings. The Kier molecular flexibility index (Phi) is 5.23. The first-order valence-corrected chi connectivity index (χ1v) is 7.70. The van der Waals surface area contributed by atoms with Gasteiger partial charge < -0.3 is 10.1 Å². The first-order chi connectivity index (χ1) is 9.96. The maximum absolute atomic E-state index is 12.5. The van der Waals surface area contributed by atoms with Crippen molar-refractivity contribution in [3.05, 3.63) is 35.9 Å². The number of rotatable bonds is 3. The molecule has 1 atom stereocenters. The highest BCUT2D eigenvalue weighted by molar-refractivity contribution is 5.68. The van der Waals surface area contributed by atoms with Crippen LogP contribution in [0.4, 0.5) is 4.79 Å². The number of nitrogens with one attached hydrogen (secondary N) is 1. The standard InChI is InChI=1S/C17H26N2O2/c1-17(2,3)21-16(20)19(15-10-7-11-18-12-15)13-14-8-5-4-6-9-14/h4-6,8-9,15,18H,7,10-13H2,1-3H3/t15-/m0/s1. The number of hydrogen-bond donors (Lipinski definition) is 1. The number of benzene rings is 1. The molecule has 0 unspecified atom stereocenters. The average molecular weight is 290 g/mol. The minimum Gasteiger partial charge on any atom is -0.444 e. The van der Waals surface area contributed by atoms with Crippen LogP contribution in [0.2, 0.25) is 0 Å². The molecule has 0 aromatic heterocycles. The highest BCUT2D eigenvalue weighted by Crippen LogP contribution is 2.18. The number of nitrogens with zero attached hydrogens (tertiary/aromatic N) is 1. The second-order valence-electron chi connectivity index (χ2n) is 6.59. The Bertz CT molecular complexity index is 448. The molecule has 0 spiro atoms. The fourth-order valence-electron chi connectivity index (χ4n) is 2.54. The van der Waals surface area contributed by atoms with E-state index in [0.717, 1.165) is 31.5 Å². The second-order valence-corrected chi connectivity index (χ2v) is 6.59. The van der Waals surface area contributed by atoms with Gasteiger partial charge in [-0.05, 0) is 45.7 Å². The van der Waals surface area contributed by atoms with E-state index in [4.69, 9.17) is 4.74 Å². The van der Waals surface area contributed by atoms with E-state index >= 15 is 0 Å². The molecule has 2 rings (SSSR count). The van der Waals surface area contributed by atoms with Gasteiger partial charge in [-0.2, -0.15) is 0 Å². The van der Waals surface area contributed by atoms with Crippen molar-refractivity contribution in [1.82, 2.24) is 10.2 Å². The molecule has 21 heavy (non-hydrogen) atoms. The minimum atomic E-state index is -0.464. The quantitative estimate of drug-likeness (QED) is 0.929. The number of amides is 1. The van der Waals surface area contributed by atoms with E-state index in [1.165, 1.54) is 0 Å². The second kappa shape index (κ2) is 6.94. The molecular weight excluding hydrogens is 264 g/mol. The van der Waals surface area contributed by atoms with Gasteiger partial charge in [0.25, 0.3) is 0 Å². The van der Waals surface area contributed by atoms with E-state index in [9.17, 15) is 4.79 Å².